The van der Waals surface area contributed by atoms with Crippen LogP contribution in [0.15, 0.2) is 17.4 Å². The Bertz CT molecular complexity index is 483. The first-order chi connectivity index (χ1) is 7.01. The van der Waals surface area contributed by atoms with Crippen molar-refractivity contribution in [1.29, 1.82) is 5.26 Å². The van der Waals surface area contributed by atoms with E-state index in [-0.39, 0.29) is 17.2 Å². The summed E-state index contributed by atoms with van der Waals surface area (Å²) in [5.74, 6) is 0.111. The van der Waals surface area contributed by atoms with Gasteiger partial charge >= 0.3 is 0 Å². The van der Waals surface area contributed by atoms with E-state index in [9.17, 15) is 8.42 Å². The Balaban J connectivity index is 2.55. The van der Waals surface area contributed by atoms with Crippen molar-refractivity contribution in [1.82, 2.24) is 9.97 Å². The number of nitrogens with zero attached hydrogens (tertiary/aromatic N) is 3. The molecule has 0 radical (unpaired) electrons. The molecule has 0 aliphatic carbocycles. The number of hydrogen-bond donors (Lipinski definition) is 0. The van der Waals surface area contributed by atoms with Crippen molar-refractivity contribution in [3.05, 3.63) is 18.0 Å². The summed E-state index contributed by atoms with van der Waals surface area (Å²) in [7, 11) is 1.54. The molecule has 0 spiro atoms. The normalized spacial score (nSPS) is 10.9. The van der Waals surface area contributed by atoms with Gasteiger partial charge in [0.15, 0.2) is 5.16 Å². The summed E-state index contributed by atoms with van der Waals surface area (Å²) in [4.78, 5) is 7.73. The van der Waals surface area contributed by atoms with Crippen LogP contribution in [0.3, 0.4) is 0 Å². The molecule has 1 aromatic heterocycles. The van der Waals surface area contributed by atoms with Crippen LogP contribution in [0, 0.1) is 11.3 Å². The van der Waals surface area contributed by atoms with Gasteiger partial charge in [0.05, 0.1) is 5.75 Å². The summed E-state index contributed by atoms with van der Waals surface area (Å²) in [6.45, 7) is 0. The minimum Gasteiger partial charge on any atom is -0.231 e. The molecular formula is C7H6ClN3O2S2. The molecule has 1 rings (SSSR count). The van der Waals surface area contributed by atoms with Gasteiger partial charge in [0.25, 0.3) is 0 Å². The summed E-state index contributed by atoms with van der Waals surface area (Å²) in [5.41, 5.74) is 0.251. The van der Waals surface area contributed by atoms with Crippen molar-refractivity contribution in [3.63, 3.8) is 0 Å². The Kier molecular flexibility index (Phi) is 4.32. The molecule has 8 heteroatoms. The molecule has 0 fully saturated rings. The van der Waals surface area contributed by atoms with Gasteiger partial charge in [0.2, 0.25) is 9.05 Å². The van der Waals surface area contributed by atoms with Crippen LogP contribution in [-0.2, 0) is 9.05 Å². The van der Waals surface area contributed by atoms with Crippen LogP contribution in [0.1, 0.15) is 5.69 Å². The van der Waals surface area contributed by atoms with Crippen LogP contribution in [0.5, 0.6) is 0 Å². The van der Waals surface area contributed by atoms with Gasteiger partial charge < -0.3 is 0 Å². The zero-order valence-corrected chi connectivity index (χ0v) is 9.81. The third-order valence-corrected chi connectivity index (χ3v) is 3.58. The predicted octanol–water partition coefficient (Wildman–Crippen LogP) is 1.01. The van der Waals surface area contributed by atoms with Crippen molar-refractivity contribution in [2.24, 2.45) is 0 Å². The molecule has 0 aromatic carbocycles. The predicted molar refractivity (Wildman–Crippen MR) is 57.1 cm³/mol. The van der Waals surface area contributed by atoms with Crippen LogP contribution in [0.25, 0.3) is 0 Å². The number of aromatic nitrogens is 2. The first-order valence-electron chi connectivity index (χ1n) is 3.79. The highest BCUT2D eigenvalue weighted by molar-refractivity contribution is 8.14. The molecule has 0 aliphatic heterocycles. The zero-order chi connectivity index (χ0) is 11.3. The summed E-state index contributed by atoms with van der Waals surface area (Å²) >= 11 is 1.14. The van der Waals surface area contributed by atoms with E-state index < -0.39 is 9.05 Å². The van der Waals surface area contributed by atoms with Crippen LogP contribution in [0.2, 0.25) is 0 Å². The summed E-state index contributed by atoms with van der Waals surface area (Å²) in [6, 6.07) is 3.34. The van der Waals surface area contributed by atoms with E-state index in [0.29, 0.717) is 5.16 Å². The highest BCUT2D eigenvalue weighted by atomic mass is 35.7. The standard InChI is InChI=1S/C7H6ClN3O2S2/c8-15(12,13)4-3-14-7-10-2-1-6(5-9)11-7/h1-2H,3-4H2. The molecule has 15 heavy (non-hydrogen) atoms. The van der Waals surface area contributed by atoms with Gasteiger partial charge in [0.1, 0.15) is 11.8 Å². The van der Waals surface area contributed by atoms with Gasteiger partial charge in [-0.2, -0.15) is 5.26 Å². The summed E-state index contributed by atoms with van der Waals surface area (Å²) in [5, 5.41) is 8.92. The Morgan fingerprint density at radius 1 is 1.60 bits per heavy atom. The first-order valence-corrected chi connectivity index (χ1v) is 7.26. The van der Waals surface area contributed by atoms with E-state index in [1.54, 1.807) is 0 Å². The molecule has 1 aromatic rings. The average Bonchev–Trinajstić information content (AvgIpc) is 2.16. The van der Waals surface area contributed by atoms with E-state index in [2.05, 4.69) is 9.97 Å². The highest BCUT2D eigenvalue weighted by Gasteiger charge is 2.06. The highest BCUT2D eigenvalue weighted by Crippen LogP contribution is 2.13. The Hall–Kier alpha value is -0.840. The van der Waals surface area contributed by atoms with E-state index in [0.717, 1.165) is 11.8 Å². The van der Waals surface area contributed by atoms with Crippen LogP contribution >= 0.6 is 22.4 Å². The topological polar surface area (TPSA) is 83.7 Å². The van der Waals surface area contributed by atoms with Crippen molar-refractivity contribution in [3.8, 4) is 6.07 Å². The molecule has 0 saturated heterocycles. The second-order valence-corrected chi connectivity index (χ2v) is 6.39. The lowest BCUT2D eigenvalue weighted by molar-refractivity contribution is 0.611. The molecule has 0 amide bonds. The fourth-order valence-corrected chi connectivity index (χ4v) is 2.88. The number of nitriles is 1. The smallest absolute Gasteiger partial charge is 0.231 e. The van der Waals surface area contributed by atoms with Crippen molar-refractivity contribution < 1.29 is 8.42 Å². The van der Waals surface area contributed by atoms with Gasteiger partial charge in [-0.3, -0.25) is 0 Å². The van der Waals surface area contributed by atoms with Gasteiger partial charge in [-0.1, -0.05) is 11.8 Å². The third kappa shape index (κ3) is 4.97. The molecule has 0 saturated carbocycles. The number of rotatable bonds is 4. The van der Waals surface area contributed by atoms with Gasteiger partial charge in [-0.15, -0.1) is 0 Å². The lowest BCUT2D eigenvalue weighted by atomic mass is 10.5. The van der Waals surface area contributed by atoms with Gasteiger partial charge in [-0.05, 0) is 6.07 Å². The molecule has 5 nitrogen and oxygen atoms in total. The zero-order valence-electron chi connectivity index (χ0n) is 7.42. The number of thioether (sulfide) groups is 1. The molecule has 0 unspecified atom stereocenters. The minimum absolute atomic E-state index is 0.153. The summed E-state index contributed by atoms with van der Waals surface area (Å²) in [6.07, 6.45) is 1.45. The lowest BCUT2D eigenvalue weighted by Crippen LogP contribution is -2.00. The Labute approximate surface area is 95.9 Å². The van der Waals surface area contributed by atoms with E-state index in [1.165, 1.54) is 12.3 Å². The maximum absolute atomic E-state index is 10.6. The van der Waals surface area contributed by atoms with Crippen LogP contribution in [0.4, 0.5) is 0 Å². The van der Waals surface area contributed by atoms with Crippen LogP contribution in [-0.4, -0.2) is 29.9 Å². The van der Waals surface area contributed by atoms with Gasteiger partial charge in [0, 0.05) is 22.6 Å². The van der Waals surface area contributed by atoms with E-state index in [1.807, 2.05) is 6.07 Å². The maximum Gasteiger partial charge on any atom is 0.233 e. The van der Waals surface area contributed by atoms with Crippen molar-refractivity contribution in [2.45, 2.75) is 5.16 Å². The Morgan fingerprint density at radius 3 is 2.93 bits per heavy atom. The molecule has 1 heterocycles. The SMILES string of the molecule is N#Cc1ccnc(SCCS(=O)(=O)Cl)n1. The quantitative estimate of drug-likeness (QED) is 0.458. The lowest BCUT2D eigenvalue weighted by Gasteiger charge is -1.97. The average molecular weight is 264 g/mol. The van der Waals surface area contributed by atoms with Crippen LogP contribution < -0.4 is 0 Å². The van der Waals surface area contributed by atoms with E-state index >= 15 is 0 Å². The fourth-order valence-electron chi connectivity index (χ4n) is 0.705. The molecule has 0 aliphatic rings. The third-order valence-electron chi connectivity index (χ3n) is 1.31. The minimum atomic E-state index is -3.48. The fraction of sp³-hybridized carbons (Fsp3) is 0.286. The number of hydrogen-bond acceptors (Lipinski definition) is 6. The largest absolute Gasteiger partial charge is 0.233 e. The molecule has 0 atom stereocenters. The Morgan fingerprint density at radius 2 is 2.33 bits per heavy atom. The maximum atomic E-state index is 10.6. The number of halogens is 1. The summed E-state index contributed by atoms with van der Waals surface area (Å²) < 4.78 is 21.2. The van der Waals surface area contributed by atoms with Gasteiger partial charge in [-0.25, -0.2) is 18.4 Å². The second-order valence-electron chi connectivity index (χ2n) is 2.43. The van der Waals surface area contributed by atoms with E-state index in [4.69, 9.17) is 15.9 Å². The second kappa shape index (κ2) is 5.30. The monoisotopic (exact) mass is 263 g/mol. The van der Waals surface area contributed by atoms with Crippen molar-refractivity contribution in [2.75, 3.05) is 11.5 Å². The van der Waals surface area contributed by atoms with Crippen molar-refractivity contribution >= 4 is 31.5 Å². The molecular weight excluding hydrogens is 258 g/mol. The molecule has 0 bridgehead atoms. The molecule has 0 N–H and O–H groups in total. The first kappa shape index (κ1) is 12.2. The molecule has 80 valence electrons.